The molecule has 1 heterocycles. The minimum absolute atomic E-state index is 0.0155. The highest BCUT2D eigenvalue weighted by Crippen LogP contribution is 2.15. The summed E-state index contributed by atoms with van der Waals surface area (Å²) < 4.78 is 26.8. The van der Waals surface area contributed by atoms with Gasteiger partial charge in [-0.25, -0.2) is 8.42 Å². The van der Waals surface area contributed by atoms with E-state index in [2.05, 4.69) is 4.37 Å². The quantitative estimate of drug-likeness (QED) is 0.826. The molecule has 1 aromatic rings. The minimum Gasteiger partial charge on any atom is -0.389 e. The van der Waals surface area contributed by atoms with Crippen LogP contribution in [0.15, 0.2) is 6.07 Å². The van der Waals surface area contributed by atoms with Gasteiger partial charge in [-0.05, 0) is 31.4 Å². The van der Waals surface area contributed by atoms with E-state index in [1.807, 2.05) is 0 Å². The summed E-state index contributed by atoms with van der Waals surface area (Å²) in [7, 11) is -3.05. The fourth-order valence-electron chi connectivity index (χ4n) is 0.769. The van der Waals surface area contributed by atoms with Crippen LogP contribution in [0.2, 0.25) is 0 Å². The molecule has 0 aliphatic heterocycles. The number of hydrogen-bond donors (Lipinski definition) is 1. The lowest BCUT2D eigenvalue weighted by Gasteiger charge is -2.04. The van der Waals surface area contributed by atoms with E-state index in [9.17, 15) is 8.42 Å². The summed E-state index contributed by atoms with van der Waals surface area (Å²) in [6.45, 7) is 3.32. The fraction of sp³-hybridized carbons (Fsp3) is 0.571. The standard InChI is InChI=1S/C7H12N2O2S2/c1-5(2)13(10,11)4-6-3-7(8)12-9-6/h3,5H,4,8H2,1-2H3. The molecule has 1 rings (SSSR count). The van der Waals surface area contributed by atoms with Crippen molar-refractivity contribution in [3.8, 4) is 0 Å². The van der Waals surface area contributed by atoms with Crippen molar-refractivity contribution >= 4 is 26.4 Å². The second kappa shape index (κ2) is 3.63. The number of nitrogens with two attached hydrogens (primary N) is 1. The largest absolute Gasteiger partial charge is 0.389 e. The zero-order valence-corrected chi connectivity index (χ0v) is 9.15. The van der Waals surface area contributed by atoms with Gasteiger partial charge in [-0.15, -0.1) is 0 Å². The molecule has 6 heteroatoms. The summed E-state index contributed by atoms with van der Waals surface area (Å²) in [5, 5.41) is 0.185. The van der Waals surface area contributed by atoms with Crippen molar-refractivity contribution in [1.29, 1.82) is 0 Å². The minimum atomic E-state index is -3.05. The first kappa shape index (κ1) is 10.5. The van der Waals surface area contributed by atoms with Crippen molar-refractivity contribution in [2.24, 2.45) is 0 Å². The zero-order chi connectivity index (χ0) is 10.1. The van der Waals surface area contributed by atoms with Crippen LogP contribution in [-0.4, -0.2) is 18.0 Å². The molecule has 0 saturated carbocycles. The van der Waals surface area contributed by atoms with E-state index in [0.29, 0.717) is 10.7 Å². The van der Waals surface area contributed by atoms with Gasteiger partial charge in [-0.1, -0.05) is 0 Å². The summed E-state index contributed by atoms with van der Waals surface area (Å²) >= 11 is 1.12. The third-order valence-corrected chi connectivity index (χ3v) is 4.43. The van der Waals surface area contributed by atoms with Crippen molar-refractivity contribution in [3.05, 3.63) is 11.8 Å². The van der Waals surface area contributed by atoms with Gasteiger partial charge in [0.05, 0.1) is 16.7 Å². The smallest absolute Gasteiger partial charge is 0.158 e. The van der Waals surface area contributed by atoms with Crippen LogP contribution in [0.4, 0.5) is 5.00 Å². The number of aromatic nitrogens is 1. The van der Waals surface area contributed by atoms with Gasteiger partial charge in [0.25, 0.3) is 0 Å². The average Bonchev–Trinajstić information content (AvgIpc) is 2.34. The molecule has 0 spiro atoms. The highest BCUT2D eigenvalue weighted by Gasteiger charge is 2.18. The molecule has 0 amide bonds. The van der Waals surface area contributed by atoms with Crippen LogP contribution in [0.5, 0.6) is 0 Å². The third-order valence-electron chi connectivity index (χ3n) is 1.64. The predicted molar refractivity (Wildman–Crippen MR) is 54.3 cm³/mol. The average molecular weight is 220 g/mol. The number of nitrogen functional groups attached to an aromatic ring is 1. The van der Waals surface area contributed by atoms with Crippen LogP contribution in [-0.2, 0) is 15.6 Å². The molecule has 74 valence electrons. The highest BCUT2D eigenvalue weighted by atomic mass is 32.2. The van der Waals surface area contributed by atoms with Crippen molar-refractivity contribution in [2.45, 2.75) is 24.9 Å². The van der Waals surface area contributed by atoms with Crippen molar-refractivity contribution in [3.63, 3.8) is 0 Å². The Morgan fingerprint density at radius 3 is 2.62 bits per heavy atom. The van der Waals surface area contributed by atoms with Gasteiger partial charge in [0.15, 0.2) is 9.84 Å². The van der Waals surface area contributed by atoms with Gasteiger partial charge in [0.1, 0.15) is 5.00 Å². The Morgan fingerprint density at radius 1 is 1.62 bits per heavy atom. The molecule has 0 atom stereocenters. The Balaban J connectivity index is 2.81. The lowest BCUT2D eigenvalue weighted by Crippen LogP contribution is -2.16. The lowest BCUT2D eigenvalue weighted by molar-refractivity contribution is 0.586. The van der Waals surface area contributed by atoms with E-state index in [1.165, 1.54) is 0 Å². The summed E-state index contributed by atoms with van der Waals surface area (Å²) in [5.74, 6) is -0.0155. The second-order valence-corrected chi connectivity index (χ2v) is 6.47. The number of sulfone groups is 1. The summed E-state index contributed by atoms with van der Waals surface area (Å²) in [6, 6.07) is 1.60. The molecular formula is C7H12N2O2S2. The lowest BCUT2D eigenvalue weighted by atomic mass is 10.5. The van der Waals surface area contributed by atoms with Crippen LogP contribution < -0.4 is 5.73 Å². The topological polar surface area (TPSA) is 73.0 Å². The SMILES string of the molecule is CC(C)S(=O)(=O)Cc1cc(N)sn1. The predicted octanol–water partition coefficient (Wildman–Crippen LogP) is 1.05. The van der Waals surface area contributed by atoms with Crippen molar-refractivity contribution < 1.29 is 8.42 Å². The van der Waals surface area contributed by atoms with Gasteiger partial charge in [0.2, 0.25) is 0 Å². The number of anilines is 1. The van der Waals surface area contributed by atoms with E-state index in [4.69, 9.17) is 5.73 Å². The second-order valence-electron chi connectivity index (χ2n) is 3.08. The number of rotatable bonds is 3. The van der Waals surface area contributed by atoms with Crippen LogP contribution in [0.25, 0.3) is 0 Å². The maximum atomic E-state index is 11.4. The van der Waals surface area contributed by atoms with Gasteiger partial charge in [0, 0.05) is 0 Å². The maximum absolute atomic E-state index is 11.4. The Kier molecular flexibility index (Phi) is 2.92. The fourth-order valence-corrected chi connectivity index (χ4v) is 2.27. The molecule has 0 radical (unpaired) electrons. The summed E-state index contributed by atoms with van der Waals surface area (Å²) in [4.78, 5) is 0. The first-order chi connectivity index (χ1) is 5.92. The Bertz CT molecular complexity index is 381. The van der Waals surface area contributed by atoms with Gasteiger partial charge >= 0.3 is 0 Å². The van der Waals surface area contributed by atoms with Crippen molar-refractivity contribution in [2.75, 3.05) is 5.73 Å². The first-order valence-electron chi connectivity index (χ1n) is 3.84. The van der Waals surface area contributed by atoms with Gasteiger partial charge in [-0.2, -0.15) is 4.37 Å². The van der Waals surface area contributed by atoms with E-state index >= 15 is 0 Å². The maximum Gasteiger partial charge on any atom is 0.158 e. The Labute approximate surface area is 81.9 Å². The van der Waals surface area contributed by atoms with Gasteiger partial charge in [-0.3, -0.25) is 0 Å². The molecule has 0 aliphatic rings. The summed E-state index contributed by atoms with van der Waals surface area (Å²) in [5.41, 5.74) is 5.97. The molecule has 0 saturated heterocycles. The van der Waals surface area contributed by atoms with E-state index in [-0.39, 0.29) is 11.0 Å². The number of nitrogens with zero attached hydrogens (tertiary/aromatic N) is 1. The zero-order valence-electron chi connectivity index (χ0n) is 7.52. The normalized spacial score (nSPS) is 12.2. The molecule has 0 unspecified atom stereocenters. The van der Waals surface area contributed by atoms with Crippen LogP contribution in [0.1, 0.15) is 19.5 Å². The molecule has 0 fully saturated rings. The first-order valence-corrected chi connectivity index (χ1v) is 6.33. The molecule has 1 aromatic heterocycles. The van der Waals surface area contributed by atoms with Crippen LogP contribution >= 0.6 is 11.5 Å². The van der Waals surface area contributed by atoms with Crippen LogP contribution in [0, 0.1) is 0 Å². The summed E-state index contributed by atoms with van der Waals surface area (Å²) in [6.07, 6.45) is 0. The number of hydrogen-bond acceptors (Lipinski definition) is 5. The van der Waals surface area contributed by atoms with Gasteiger partial charge < -0.3 is 5.73 Å². The highest BCUT2D eigenvalue weighted by molar-refractivity contribution is 7.91. The third kappa shape index (κ3) is 2.67. The Morgan fingerprint density at radius 2 is 2.23 bits per heavy atom. The molecule has 2 N–H and O–H groups in total. The molecule has 4 nitrogen and oxygen atoms in total. The molecular weight excluding hydrogens is 208 g/mol. The molecule has 0 bridgehead atoms. The van der Waals surface area contributed by atoms with Crippen LogP contribution in [0.3, 0.4) is 0 Å². The van der Waals surface area contributed by atoms with E-state index in [1.54, 1.807) is 19.9 Å². The Hall–Kier alpha value is -0.620. The van der Waals surface area contributed by atoms with E-state index < -0.39 is 9.84 Å². The van der Waals surface area contributed by atoms with Crippen molar-refractivity contribution in [1.82, 2.24) is 4.37 Å². The molecule has 0 aromatic carbocycles. The van der Waals surface area contributed by atoms with E-state index in [0.717, 1.165) is 11.5 Å². The molecule has 13 heavy (non-hydrogen) atoms. The molecule has 0 aliphatic carbocycles. The monoisotopic (exact) mass is 220 g/mol.